The lowest BCUT2D eigenvalue weighted by molar-refractivity contribution is -0.269. The zero-order chi connectivity index (χ0) is 19.9. The van der Waals surface area contributed by atoms with Gasteiger partial charge in [0, 0.05) is 16.8 Å². The number of pyridine rings is 1. The van der Waals surface area contributed by atoms with Gasteiger partial charge in [-0.2, -0.15) is 4.89 Å². The highest BCUT2D eigenvalue weighted by molar-refractivity contribution is 6.30. The molecule has 3 rings (SSSR count). The number of hydrogen-bond donors (Lipinski definition) is 0. The number of halogens is 1. The van der Waals surface area contributed by atoms with Crippen LogP contribution in [0.25, 0.3) is 11.1 Å². The molecule has 0 aliphatic rings. The summed E-state index contributed by atoms with van der Waals surface area (Å²) in [7, 11) is 1.56. The van der Waals surface area contributed by atoms with Gasteiger partial charge in [0.25, 0.3) is 0 Å². The topological polar surface area (TPSA) is 101 Å². The summed E-state index contributed by atoms with van der Waals surface area (Å²) in [5, 5.41) is 12.0. The molecule has 146 valence electrons. The minimum atomic E-state index is -0.578. The summed E-state index contributed by atoms with van der Waals surface area (Å²) in [6.07, 6.45) is 1.55. The summed E-state index contributed by atoms with van der Waals surface area (Å²) in [4.78, 5) is 25.3. The maximum Gasteiger partial charge on any atom is 0.349 e. The monoisotopic (exact) mass is 403 g/mol. The Kier molecular flexibility index (Phi) is 6.51. The quantitative estimate of drug-likeness (QED) is 0.417. The van der Waals surface area contributed by atoms with Crippen molar-refractivity contribution in [3.05, 3.63) is 52.9 Å². The first-order chi connectivity index (χ1) is 13.6. The summed E-state index contributed by atoms with van der Waals surface area (Å²) in [6.45, 7) is 2.29. The van der Waals surface area contributed by atoms with Crippen molar-refractivity contribution in [3.8, 4) is 17.0 Å². The Morgan fingerprint density at radius 2 is 2.14 bits per heavy atom. The van der Waals surface area contributed by atoms with Crippen molar-refractivity contribution in [2.45, 2.75) is 19.9 Å². The van der Waals surface area contributed by atoms with Crippen LogP contribution in [0.4, 0.5) is 0 Å². The highest BCUT2D eigenvalue weighted by atomic mass is 35.5. The summed E-state index contributed by atoms with van der Waals surface area (Å²) >= 11 is 6.10. The van der Waals surface area contributed by atoms with Gasteiger partial charge < -0.3 is 4.74 Å². The second-order valence-corrected chi connectivity index (χ2v) is 6.14. The second-order valence-electron chi connectivity index (χ2n) is 5.70. The molecule has 0 aliphatic carbocycles. The summed E-state index contributed by atoms with van der Waals surface area (Å²) in [5.74, 6) is 0.249. The molecule has 0 saturated heterocycles. The fraction of sp³-hybridized carbons (Fsp3) is 0.278. The van der Waals surface area contributed by atoms with Crippen molar-refractivity contribution in [1.82, 2.24) is 25.2 Å². The zero-order valence-corrected chi connectivity index (χ0v) is 16.1. The molecule has 10 heteroatoms. The Morgan fingerprint density at radius 3 is 2.89 bits per heavy atom. The van der Waals surface area contributed by atoms with Crippen LogP contribution in [0.3, 0.4) is 0 Å². The molecule has 0 aliphatic heterocycles. The van der Waals surface area contributed by atoms with E-state index < -0.39 is 5.97 Å². The van der Waals surface area contributed by atoms with Gasteiger partial charge in [-0.25, -0.2) is 14.5 Å². The third-order valence-electron chi connectivity index (χ3n) is 3.75. The lowest BCUT2D eigenvalue weighted by atomic mass is 10.1. The van der Waals surface area contributed by atoms with Gasteiger partial charge in [0.2, 0.25) is 5.88 Å². The molecule has 28 heavy (non-hydrogen) atoms. The van der Waals surface area contributed by atoms with Crippen molar-refractivity contribution >= 4 is 17.6 Å². The molecule has 0 atom stereocenters. The molecule has 9 nitrogen and oxygen atoms in total. The van der Waals surface area contributed by atoms with Crippen LogP contribution in [0.15, 0.2) is 36.5 Å². The normalized spacial score (nSPS) is 10.7. The van der Waals surface area contributed by atoms with E-state index in [9.17, 15) is 4.79 Å². The third kappa shape index (κ3) is 4.81. The highest BCUT2D eigenvalue weighted by Crippen LogP contribution is 2.30. The van der Waals surface area contributed by atoms with E-state index in [0.717, 1.165) is 16.7 Å². The number of carbonyl (C=O) groups is 1. The molecule has 2 aromatic heterocycles. The van der Waals surface area contributed by atoms with E-state index in [-0.39, 0.29) is 13.0 Å². The molecule has 0 bridgehead atoms. The van der Waals surface area contributed by atoms with Crippen LogP contribution >= 0.6 is 11.6 Å². The molecule has 0 N–H and O–H groups in total. The molecule has 2 heterocycles. The van der Waals surface area contributed by atoms with Crippen molar-refractivity contribution in [3.63, 3.8) is 0 Å². The molecule has 0 spiro atoms. The van der Waals surface area contributed by atoms with Crippen molar-refractivity contribution in [1.29, 1.82) is 0 Å². The van der Waals surface area contributed by atoms with Gasteiger partial charge in [0.1, 0.15) is 6.42 Å². The number of aromatic nitrogens is 5. The third-order valence-corrected chi connectivity index (χ3v) is 3.98. The van der Waals surface area contributed by atoms with Gasteiger partial charge in [0.05, 0.1) is 20.3 Å². The first-order valence-corrected chi connectivity index (χ1v) is 8.84. The van der Waals surface area contributed by atoms with Crippen LogP contribution in [0.1, 0.15) is 18.3 Å². The largest absolute Gasteiger partial charge is 0.481 e. The van der Waals surface area contributed by atoms with E-state index in [1.807, 2.05) is 24.3 Å². The fourth-order valence-electron chi connectivity index (χ4n) is 2.54. The number of tetrazole rings is 1. The van der Waals surface area contributed by atoms with Gasteiger partial charge in [-0.05, 0) is 46.7 Å². The Bertz CT molecular complexity index is 963. The SMILES string of the molecule is CCOOC(=O)Cc1nnnn1Cc1cnc(OC)c(-c2cccc(Cl)c2)c1. The lowest BCUT2D eigenvalue weighted by Gasteiger charge is -2.11. The Labute approximate surface area is 166 Å². The standard InChI is InChI=1S/C18H18ClN5O4/c1-3-27-28-17(25)9-16-21-22-23-24(16)11-12-7-15(18(26-2)20-10-12)13-5-4-6-14(19)8-13/h4-8,10H,3,9,11H2,1-2H3. The summed E-state index contributed by atoms with van der Waals surface area (Å²) in [5.41, 5.74) is 2.48. The Hall–Kier alpha value is -3.04. The first kappa shape index (κ1) is 19.7. The number of ether oxygens (including phenoxy) is 1. The minimum Gasteiger partial charge on any atom is -0.481 e. The second kappa shape index (κ2) is 9.25. The van der Waals surface area contributed by atoms with Crippen LogP contribution < -0.4 is 4.74 Å². The molecular weight excluding hydrogens is 386 g/mol. The van der Waals surface area contributed by atoms with Crippen LogP contribution in [0.2, 0.25) is 5.02 Å². The van der Waals surface area contributed by atoms with Gasteiger partial charge in [-0.3, -0.25) is 4.89 Å². The van der Waals surface area contributed by atoms with Crippen molar-refractivity contribution in [2.24, 2.45) is 0 Å². The van der Waals surface area contributed by atoms with E-state index in [2.05, 4.69) is 30.3 Å². The van der Waals surface area contributed by atoms with E-state index in [4.69, 9.17) is 16.3 Å². The number of hydrogen-bond acceptors (Lipinski definition) is 8. The van der Waals surface area contributed by atoms with Crippen molar-refractivity contribution in [2.75, 3.05) is 13.7 Å². The first-order valence-electron chi connectivity index (χ1n) is 8.47. The van der Waals surface area contributed by atoms with Crippen LogP contribution in [0.5, 0.6) is 5.88 Å². The number of rotatable bonds is 8. The maximum absolute atomic E-state index is 11.7. The predicted octanol–water partition coefficient (Wildman–Crippen LogP) is 2.48. The Balaban J connectivity index is 1.83. The van der Waals surface area contributed by atoms with E-state index >= 15 is 0 Å². The minimum absolute atomic E-state index is 0.113. The summed E-state index contributed by atoms with van der Waals surface area (Å²) < 4.78 is 6.87. The number of methoxy groups -OCH3 is 1. The smallest absolute Gasteiger partial charge is 0.349 e. The average molecular weight is 404 g/mol. The molecule has 3 aromatic rings. The van der Waals surface area contributed by atoms with Gasteiger partial charge >= 0.3 is 5.97 Å². The van der Waals surface area contributed by atoms with E-state index in [0.29, 0.717) is 23.3 Å². The summed E-state index contributed by atoms with van der Waals surface area (Å²) in [6, 6.07) is 9.32. The predicted molar refractivity (Wildman–Crippen MR) is 99.6 cm³/mol. The molecule has 0 unspecified atom stereocenters. The number of carbonyl (C=O) groups excluding carboxylic acids is 1. The molecule has 1 aromatic carbocycles. The van der Waals surface area contributed by atoms with Gasteiger partial charge in [0.15, 0.2) is 5.82 Å². The van der Waals surface area contributed by atoms with E-state index in [1.54, 1.807) is 26.3 Å². The van der Waals surface area contributed by atoms with Crippen LogP contribution in [0, 0.1) is 0 Å². The maximum atomic E-state index is 11.7. The molecular formula is C18H18ClN5O4. The van der Waals surface area contributed by atoms with Crippen LogP contribution in [-0.2, 0) is 27.5 Å². The molecule has 0 radical (unpaired) electrons. The number of nitrogens with zero attached hydrogens (tertiary/aromatic N) is 5. The molecule has 0 saturated carbocycles. The van der Waals surface area contributed by atoms with Crippen molar-refractivity contribution < 1.29 is 19.3 Å². The fourth-order valence-corrected chi connectivity index (χ4v) is 2.73. The average Bonchev–Trinajstić information content (AvgIpc) is 3.12. The van der Waals surface area contributed by atoms with E-state index in [1.165, 1.54) is 4.68 Å². The lowest BCUT2D eigenvalue weighted by Crippen LogP contribution is -2.14. The molecule has 0 fully saturated rings. The van der Waals surface area contributed by atoms with Gasteiger partial charge in [-0.1, -0.05) is 23.7 Å². The zero-order valence-electron chi connectivity index (χ0n) is 15.3. The van der Waals surface area contributed by atoms with Gasteiger partial charge in [-0.15, -0.1) is 5.10 Å². The molecule has 0 amide bonds. The highest BCUT2D eigenvalue weighted by Gasteiger charge is 2.15. The Morgan fingerprint density at radius 1 is 1.29 bits per heavy atom. The van der Waals surface area contributed by atoms with Crippen LogP contribution in [-0.4, -0.2) is 44.9 Å². The number of benzene rings is 1.